The summed E-state index contributed by atoms with van der Waals surface area (Å²) in [6.07, 6.45) is 3.33. The number of hydrogen-bond acceptors (Lipinski definition) is 3. The maximum atomic E-state index is 13.8. The zero-order chi connectivity index (χ0) is 12.1. The molecular weight excluding hydrogens is 233 g/mol. The second kappa shape index (κ2) is 5.72. The van der Waals surface area contributed by atoms with E-state index in [0.717, 1.165) is 0 Å². The topological polar surface area (TPSA) is 44.5 Å². The molecule has 5 heteroatoms. The number of ether oxygens (including phenoxy) is 2. The van der Waals surface area contributed by atoms with Gasteiger partial charge in [0.15, 0.2) is 11.5 Å². The minimum absolute atomic E-state index is 0.0246. The monoisotopic (exact) mass is 245 g/mol. The highest BCUT2D eigenvalue weighted by Crippen LogP contribution is 2.37. The molecule has 0 aromatic heterocycles. The van der Waals surface area contributed by atoms with Crippen LogP contribution in [0.1, 0.15) is 5.56 Å². The molecule has 0 unspecified atom stereocenters. The lowest BCUT2D eigenvalue weighted by molar-refractivity contribution is 0.350. The molecule has 0 atom stereocenters. The summed E-state index contributed by atoms with van der Waals surface area (Å²) in [5, 5.41) is 0.192. The van der Waals surface area contributed by atoms with Gasteiger partial charge >= 0.3 is 0 Å². The highest BCUT2D eigenvalue weighted by molar-refractivity contribution is 6.32. The molecule has 0 aliphatic heterocycles. The second-order valence-corrected chi connectivity index (χ2v) is 3.37. The van der Waals surface area contributed by atoms with Gasteiger partial charge in [-0.15, -0.1) is 0 Å². The predicted molar refractivity (Wildman–Crippen MR) is 62.6 cm³/mol. The molecule has 16 heavy (non-hydrogen) atoms. The van der Waals surface area contributed by atoms with Crippen molar-refractivity contribution in [3.05, 3.63) is 28.5 Å². The molecule has 0 aliphatic carbocycles. The molecule has 1 rings (SSSR count). The van der Waals surface area contributed by atoms with Gasteiger partial charge in [-0.25, -0.2) is 0 Å². The molecule has 0 spiro atoms. The van der Waals surface area contributed by atoms with Crippen molar-refractivity contribution in [3.63, 3.8) is 0 Å². The van der Waals surface area contributed by atoms with Gasteiger partial charge in [-0.05, 0) is 6.07 Å². The first-order chi connectivity index (χ1) is 7.65. The summed E-state index contributed by atoms with van der Waals surface area (Å²) in [5.41, 5.74) is 5.85. The number of benzene rings is 1. The Hall–Kier alpha value is -1.26. The molecule has 1 aromatic carbocycles. The molecule has 1 aromatic rings. The number of halogens is 2. The van der Waals surface area contributed by atoms with Crippen molar-refractivity contribution in [2.45, 2.75) is 0 Å². The fraction of sp³-hybridized carbons (Fsp3) is 0.273. The highest BCUT2D eigenvalue weighted by Gasteiger charge is 2.17. The lowest BCUT2D eigenvalue weighted by Crippen LogP contribution is -1.98. The summed E-state index contributed by atoms with van der Waals surface area (Å²) < 4.78 is 23.6. The van der Waals surface area contributed by atoms with Gasteiger partial charge in [0.05, 0.1) is 19.2 Å². The van der Waals surface area contributed by atoms with Crippen molar-refractivity contribution in [2.24, 2.45) is 5.73 Å². The van der Waals surface area contributed by atoms with Gasteiger partial charge in [-0.2, -0.15) is 4.39 Å². The van der Waals surface area contributed by atoms with Crippen molar-refractivity contribution in [2.75, 3.05) is 20.8 Å². The number of nitrogens with two attached hydrogens (primary N) is 1. The van der Waals surface area contributed by atoms with Crippen LogP contribution in [0.2, 0.25) is 5.02 Å². The quantitative estimate of drug-likeness (QED) is 0.886. The third-order valence-corrected chi connectivity index (χ3v) is 2.28. The summed E-state index contributed by atoms with van der Waals surface area (Å²) in [6, 6.07) is 1.56. The smallest absolute Gasteiger partial charge is 0.208 e. The Bertz CT molecular complexity index is 407. The highest BCUT2D eigenvalue weighted by atomic mass is 35.5. The summed E-state index contributed by atoms with van der Waals surface area (Å²) in [6.45, 7) is 0.356. The largest absolute Gasteiger partial charge is 0.493 e. The fourth-order valence-electron chi connectivity index (χ4n) is 1.32. The molecule has 0 saturated heterocycles. The van der Waals surface area contributed by atoms with E-state index >= 15 is 0 Å². The van der Waals surface area contributed by atoms with E-state index in [4.69, 9.17) is 26.8 Å². The van der Waals surface area contributed by atoms with E-state index in [1.807, 2.05) is 0 Å². The van der Waals surface area contributed by atoms with Gasteiger partial charge in [0.2, 0.25) is 5.82 Å². The van der Waals surface area contributed by atoms with Crippen molar-refractivity contribution >= 4 is 17.7 Å². The third kappa shape index (κ3) is 2.46. The van der Waals surface area contributed by atoms with Gasteiger partial charge in [-0.3, -0.25) is 0 Å². The Balaban J connectivity index is 3.34. The molecule has 0 saturated carbocycles. The molecule has 0 aliphatic rings. The number of rotatable bonds is 4. The molecule has 0 bridgehead atoms. The summed E-state index contributed by atoms with van der Waals surface area (Å²) in [4.78, 5) is 0. The molecule has 2 N–H and O–H groups in total. The Kier molecular flexibility index (Phi) is 4.58. The first kappa shape index (κ1) is 12.8. The van der Waals surface area contributed by atoms with Crippen LogP contribution in [0.3, 0.4) is 0 Å². The van der Waals surface area contributed by atoms with Crippen LogP contribution in [0.25, 0.3) is 6.08 Å². The third-order valence-electron chi connectivity index (χ3n) is 2.00. The maximum absolute atomic E-state index is 13.8. The minimum Gasteiger partial charge on any atom is -0.493 e. The van der Waals surface area contributed by atoms with Gasteiger partial charge in [0.1, 0.15) is 0 Å². The fourth-order valence-corrected chi connectivity index (χ4v) is 1.59. The summed E-state index contributed by atoms with van der Waals surface area (Å²) in [7, 11) is 2.73. The zero-order valence-corrected chi connectivity index (χ0v) is 9.84. The SMILES string of the molecule is COc1c(Cl)cc(/C=C/CN)c(OC)c1F. The second-order valence-electron chi connectivity index (χ2n) is 2.97. The average Bonchev–Trinajstić information content (AvgIpc) is 2.26. The van der Waals surface area contributed by atoms with Gasteiger partial charge in [0, 0.05) is 12.1 Å². The van der Waals surface area contributed by atoms with Crippen LogP contribution < -0.4 is 15.2 Å². The molecule has 0 radical (unpaired) electrons. The molecule has 88 valence electrons. The van der Waals surface area contributed by atoms with E-state index in [9.17, 15) is 4.39 Å². The van der Waals surface area contributed by atoms with Crippen molar-refractivity contribution in [1.82, 2.24) is 0 Å². The van der Waals surface area contributed by atoms with Crippen molar-refractivity contribution < 1.29 is 13.9 Å². The number of methoxy groups -OCH3 is 2. The normalized spacial score (nSPS) is 10.8. The van der Waals surface area contributed by atoms with Crippen LogP contribution in [0, 0.1) is 5.82 Å². The summed E-state index contributed by atoms with van der Waals surface area (Å²) in [5.74, 6) is -0.552. The first-order valence-corrected chi connectivity index (χ1v) is 5.00. The molecule has 0 fully saturated rings. The van der Waals surface area contributed by atoms with Crippen LogP contribution in [0.4, 0.5) is 4.39 Å². The van der Waals surface area contributed by atoms with E-state index in [1.54, 1.807) is 18.2 Å². The molecule has 0 amide bonds. The number of hydrogen-bond donors (Lipinski definition) is 1. The van der Waals surface area contributed by atoms with Crippen LogP contribution >= 0.6 is 11.6 Å². The summed E-state index contributed by atoms with van der Waals surface area (Å²) >= 11 is 5.86. The van der Waals surface area contributed by atoms with Gasteiger partial charge in [-0.1, -0.05) is 23.8 Å². The van der Waals surface area contributed by atoms with Crippen LogP contribution in [-0.4, -0.2) is 20.8 Å². The first-order valence-electron chi connectivity index (χ1n) is 4.62. The van der Waals surface area contributed by atoms with Crippen LogP contribution in [0.15, 0.2) is 12.1 Å². The van der Waals surface area contributed by atoms with Crippen LogP contribution in [0.5, 0.6) is 11.5 Å². The van der Waals surface area contributed by atoms with E-state index in [0.29, 0.717) is 12.1 Å². The van der Waals surface area contributed by atoms with Crippen LogP contribution in [-0.2, 0) is 0 Å². The lowest BCUT2D eigenvalue weighted by Gasteiger charge is -2.11. The van der Waals surface area contributed by atoms with E-state index in [1.165, 1.54) is 14.2 Å². The minimum atomic E-state index is -0.617. The van der Waals surface area contributed by atoms with E-state index < -0.39 is 5.82 Å². The van der Waals surface area contributed by atoms with E-state index in [-0.39, 0.29) is 16.5 Å². The Labute approximate surface area is 98.6 Å². The Morgan fingerprint density at radius 1 is 1.38 bits per heavy atom. The average molecular weight is 246 g/mol. The molecular formula is C11H13ClFNO2. The predicted octanol–water partition coefficient (Wildman–Crippen LogP) is 2.47. The Morgan fingerprint density at radius 2 is 2.00 bits per heavy atom. The van der Waals surface area contributed by atoms with Crippen molar-refractivity contribution in [3.8, 4) is 11.5 Å². The van der Waals surface area contributed by atoms with Gasteiger partial charge < -0.3 is 15.2 Å². The lowest BCUT2D eigenvalue weighted by atomic mass is 10.1. The standard InChI is InChI=1S/C11H13ClFNO2/c1-15-10-7(4-3-5-14)6-8(12)11(16-2)9(10)13/h3-4,6H,5,14H2,1-2H3/b4-3+. The zero-order valence-electron chi connectivity index (χ0n) is 9.09. The Morgan fingerprint density at radius 3 is 2.50 bits per heavy atom. The molecule has 0 heterocycles. The van der Waals surface area contributed by atoms with Gasteiger partial charge in [0.25, 0.3) is 0 Å². The molecule has 3 nitrogen and oxygen atoms in total. The maximum Gasteiger partial charge on any atom is 0.208 e. The van der Waals surface area contributed by atoms with E-state index in [2.05, 4.69) is 0 Å². The van der Waals surface area contributed by atoms with Crippen molar-refractivity contribution in [1.29, 1.82) is 0 Å².